The first-order chi connectivity index (χ1) is 7.08. The molecule has 1 aromatic rings. The van der Waals surface area contributed by atoms with Gasteiger partial charge in [-0.1, -0.05) is 0 Å². The van der Waals surface area contributed by atoms with E-state index in [2.05, 4.69) is 10.3 Å². The first kappa shape index (κ1) is 11.0. The Bertz CT molecular complexity index is 411. The third kappa shape index (κ3) is 2.07. The lowest BCUT2D eigenvalue weighted by Crippen LogP contribution is -2.46. The highest BCUT2D eigenvalue weighted by Crippen LogP contribution is 2.34. The Hall–Kier alpha value is -0.460. The summed E-state index contributed by atoms with van der Waals surface area (Å²) in [5, 5.41) is 6.17. The van der Waals surface area contributed by atoms with Gasteiger partial charge in [0.25, 0.3) is 0 Å². The first-order valence-electron chi connectivity index (χ1n) is 4.87. The summed E-state index contributed by atoms with van der Waals surface area (Å²) >= 11 is 1.58. The zero-order valence-electron chi connectivity index (χ0n) is 8.56. The SMILES string of the molecule is CNC1(c2nccs2)CCS(=O)(=O)CC1. The van der Waals surface area contributed by atoms with Gasteiger partial charge in [0.05, 0.1) is 17.0 Å². The topological polar surface area (TPSA) is 59.1 Å². The lowest BCUT2D eigenvalue weighted by atomic mass is 9.93. The van der Waals surface area contributed by atoms with E-state index >= 15 is 0 Å². The van der Waals surface area contributed by atoms with Gasteiger partial charge in [-0.2, -0.15) is 0 Å². The van der Waals surface area contributed by atoms with Crippen LogP contribution in [0.5, 0.6) is 0 Å². The highest BCUT2D eigenvalue weighted by atomic mass is 32.2. The fourth-order valence-corrected chi connectivity index (χ4v) is 4.34. The van der Waals surface area contributed by atoms with Crippen molar-refractivity contribution in [3.63, 3.8) is 0 Å². The number of aromatic nitrogens is 1. The molecule has 0 amide bonds. The van der Waals surface area contributed by atoms with Crippen molar-refractivity contribution in [2.75, 3.05) is 18.6 Å². The van der Waals surface area contributed by atoms with E-state index in [1.807, 2.05) is 12.4 Å². The average Bonchev–Trinajstić information content (AvgIpc) is 2.72. The van der Waals surface area contributed by atoms with Crippen molar-refractivity contribution >= 4 is 21.2 Å². The van der Waals surface area contributed by atoms with Crippen molar-refractivity contribution in [2.45, 2.75) is 18.4 Å². The van der Waals surface area contributed by atoms with E-state index in [9.17, 15) is 8.42 Å². The number of hydrogen-bond donors (Lipinski definition) is 1. The molecule has 1 saturated heterocycles. The van der Waals surface area contributed by atoms with Crippen LogP contribution in [0, 0.1) is 0 Å². The summed E-state index contributed by atoms with van der Waals surface area (Å²) in [6, 6.07) is 0. The van der Waals surface area contributed by atoms with Crippen LogP contribution in [0.4, 0.5) is 0 Å². The van der Waals surface area contributed by atoms with Gasteiger partial charge < -0.3 is 5.32 Å². The standard InChI is InChI=1S/C9H14N2O2S2/c1-10-9(8-11-4-5-14-8)2-6-15(12,13)7-3-9/h4-5,10H,2-3,6-7H2,1H3. The molecule has 2 rings (SSSR count). The van der Waals surface area contributed by atoms with Crippen LogP contribution in [0.3, 0.4) is 0 Å². The van der Waals surface area contributed by atoms with E-state index in [-0.39, 0.29) is 17.0 Å². The molecule has 0 unspecified atom stereocenters. The van der Waals surface area contributed by atoms with Crippen molar-refractivity contribution in [1.82, 2.24) is 10.3 Å². The quantitative estimate of drug-likeness (QED) is 0.837. The molecule has 1 fully saturated rings. The summed E-state index contributed by atoms with van der Waals surface area (Å²) in [7, 11) is -0.944. The number of nitrogens with one attached hydrogen (secondary N) is 1. The molecule has 0 atom stereocenters. The molecule has 1 aromatic heterocycles. The summed E-state index contributed by atoms with van der Waals surface area (Å²) in [6.45, 7) is 0. The molecule has 1 N–H and O–H groups in total. The molecule has 15 heavy (non-hydrogen) atoms. The number of thiazole rings is 1. The van der Waals surface area contributed by atoms with Gasteiger partial charge in [0, 0.05) is 11.6 Å². The number of nitrogens with zero attached hydrogens (tertiary/aromatic N) is 1. The van der Waals surface area contributed by atoms with Crippen LogP contribution >= 0.6 is 11.3 Å². The van der Waals surface area contributed by atoms with Crippen molar-refractivity contribution in [3.8, 4) is 0 Å². The Labute approximate surface area is 93.7 Å². The monoisotopic (exact) mass is 246 g/mol. The van der Waals surface area contributed by atoms with E-state index in [4.69, 9.17) is 0 Å². The molecule has 1 aliphatic heterocycles. The van der Waals surface area contributed by atoms with Gasteiger partial charge in [-0.05, 0) is 19.9 Å². The molecule has 0 aliphatic carbocycles. The largest absolute Gasteiger partial charge is 0.308 e. The van der Waals surface area contributed by atoms with Gasteiger partial charge in [0.1, 0.15) is 14.8 Å². The van der Waals surface area contributed by atoms with Gasteiger partial charge in [0.15, 0.2) is 0 Å². The van der Waals surface area contributed by atoms with Crippen LogP contribution in [0.2, 0.25) is 0 Å². The fraction of sp³-hybridized carbons (Fsp3) is 0.667. The Balaban J connectivity index is 2.26. The molecule has 6 heteroatoms. The Morgan fingerprint density at radius 2 is 2.13 bits per heavy atom. The molecule has 0 aromatic carbocycles. The molecule has 84 valence electrons. The van der Waals surface area contributed by atoms with Gasteiger partial charge in [-0.25, -0.2) is 13.4 Å². The van der Waals surface area contributed by atoms with E-state index in [1.54, 1.807) is 17.5 Å². The number of rotatable bonds is 2. The van der Waals surface area contributed by atoms with Crippen molar-refractivity contribution in [3.05, 3.63) is 16.6 Å². The highest BCUT2D eigenvalue weighted by Gasteiger charge is 2.39. The van der Waals surface area contributed by atoms with Crippen LogP contribution in [0.1, 0.15) is 17.8 Å². The molecule has 4 nitrogen and oxygen atoms in total. The molecule has 0 spiro atoms. The summed E-state index contributed by atoms with van der Waals surface area (Å²) < 4.78 is 22.8. The van der Waals surface area contributed by atoms with E-state index in [1.165, 1.54) is 0 Å². The predicted molar refractivity (Wildman–Crippen MR) is 60.7 cm³/mol. The van der Waals surface area contributed by atoms with Gasteiger partial charge >= 0.3 is 0 Å². The van der Waals surface area contributed by atoms with Crippen LogP contribution in [0.15, 0.2) is 11.6 Å². The van der Waals surface area contributed by atoms with E-state index in [0.717, 1.165) is 5.01 Å². The van der Waals surface area contributed by atoms with Gasteiger partial charge in [-0.15, -0.1) is 11.3 Å². The Kier molecular flexibility index (Phi) is 2.83. The normalized spacial score (nSPS) is 23.8. The molecular formula is C9H14N2O2S2. The van der Waals surface area contributed by atoms with E-state index in [0.29, 0.717) is 12.8 Å². The third-order valence-corrected chi connectivity index (χ3v) is 5.63. The number of sulfone groups is 1. The van der Waals surface area contributed by atoms with Gasteiger partial charge in [0.2, 0.25) is 0 Å². The predicted octanol–water partition coefficient (Wildman–Crippen LogP) is 0.766. The summed E-state index contributed by atoms with van der Waals surface area (Å²) in [5.41, 5.74) is -0.223. The molecule has 1 aliphatic rings. The van der Waals surface area contributed by atoms with Crippen molar-refractivity contribution in [2.24, 2.45) is 0 Å². The smallest absolute Gasteiger partial charge is 0.150 e. The molecule has 0 saturated carbocycles. The Morgan fingerprint density at radius 3 is 2.60 bits per heavy atom. The van der Waals surface area contributed by atoms with Crippen molar-refractivity contribution < 1.29 is 8.42 Å². The van der Waals surface area contributed by atoms with Crippen LogP contribution in [-0.4, -0.2) is 32.0 Å². The van der Waals surface area contributed by atoms with Crippen molar-refractivity contribution in [1.29, 1.82) is 0 Å². The number of hydrogen-bond acceptors (Lipinski definition) is 5. The first-order valence-corrected chi connectivity index (χ1v) is 7.57. The molecule has 2 heterocycles. The lowest BCUT2D eigenvalue weighted by molar-refractivity contribution is 0.323. The van der Waals surface area contributed by atoms with Crippen LogP contribution in [-0.2, 0) is 15.4 Å². The minimum absolute atomic E-state index is 0.223. The summed E-state index contributed by atoms with van der Waals surface area (Å²) in [6.07, 6.45) is 3.01. The second kappa shape index (κ2) is 3.84. The maximum Gasteiger partial charge on any atom is 0.150 e. The van der Waals surface area contributed by atoms with Crippen LogP contribution < -0.4 is 5.32 Å². The molecule has 0 radical (unpaired) electrons. The fourth-order valence-electron chi connectivity index (χ4n) is 1.92. The second-order valence-corrected chi connectivity index (χ2v) is 7.02. The zero-order valence-corrected chi connectivity index (χ0v) is 10.2. The summed E-state index contributed by atoms with van der Waals surface area (Å²) in [5.74, 6) is 0.515. The third-order valence-electron chi connectivity index (χ3n) is 3.00. The Morgan fingerprint density at radius 1 is 1.47 bits per heavy atom. The average molecular weight is 246 g/mol. The van der Waals surface area contributed by atoms with Gasteiger partial charge in [-0.3, -0.25) is 0 Å². The lowest BCUT2D eigenvalue weighted by Gasteiger charge is -2.34. The van der Waals surface area contributed by atoms with E-state index < -0.39 is 9.84 Å². The highest BCUT2D eigenvalue weighted by molar-refractivity contribution is 7.91. The second-order valence-electron chi connectivity index (χ2n) is 3.82. The summed E-state index contributed by atoms with van der Waals surface area (Å²) in [4.78, 5) is 4.29. The zero-order chi connectivity index (χ0) is 10.9. The minimum atomic E-state index is -2.82. The molecule has 0 bridgehead atoms. The maximum absolute atomic E-state index is 11.4. The molecular weight excluding hydrogens is 232 g/mol. The maximum atomic E-state index is 11.4. The van der Waals surface area contributed by atoms with Crippen LogP contribution in [0.25, 0.3) is 0 Å². The minimum Gasteiger partial charge on any atom is -0.308 e.